The molecule has 1 aromatic heterocycles. The summed E-state index contributed by atoms with van der Waals surface area (Å²) < 4.78 is 48.9. The fourth-order valence-electron chi connectivity index (χ4n) is 0.974. The summed E-state index contributed by atoms with van der Waals surface area (Å²) in [6.45, 7) is 0.104. The van der Waals surface area contributed by atoms with Crippen LogP contribution in [0, 0.1) is 0 Å². The van der Waals surface area contributed by atoms with E-state index >= 15 is 0 Å². The van der Waals surface area contributed by atoms with Gasteiger partial charge in [0.1, 0.15) is 4.21 Å². The first kappa shape index (κ1) is 14.6. The lowest BCUT2D eigenvalue weighted by Gasteiger charge is -2.08. The highest BCUT2D eigenvalue weighted by Gasteiger charge is 2.19. The highest BCUT2D eigenvalue weighted by Crippen LogP contribution is 2.23. The van der Waals surface area contributed by atoms with E-state index in [0.717, 1.165) is 21.9 Å². The molecular weight excluding hydrogens is 284 g/mol. The number of hydrogen-bond donors (Lipinski definition) is 1. The minimum Gasteiger partial charge on any atom is -0.213 e. The van der Waals surface area contributed by atoms with Crippen molar-refractivity contribution in [2.24, 2.45) is 0 Å². The van der Waals surface area contributed by atoms with Crippen LogP contribution in [-0.2, 0) is 26.6 Å². The van der Waals surface area contributed by atoms with Crippen LogP contribution in [0.4, 0.5) is 0 Å². The lowest BCUT2D eigenvalue weighted by molar-refractivity contribution is 0.523. The smallest absolute Gasteiger partial charge is 0.213 e. The lowest BCUT2D eigenvalue weighted by atomic mass is 10.5. The molecule has 0 aliphatic heterocycles. The third-order valence-electron chi connectivity index (χ3n) is 1.88. The molecule has 0 saturated heterocycles. The maximum Gasteiger partial charge on any atom is 0.252 e. The first-order valence-corrected chi connectivity index (χ1v) is 8.73. The summed E-state index contributed by atoms with van der Waals surface area (Å²) in [6.07, 6.45) is 1.05. The second-order valence-corrected chi connectivity index (χ2v) is 8.98. The topological polar surface area (TPSA) is 83.6 Å². The molecule has 1 N–H and O–H groups in total. The van der Waals surface area contributed by atoms with Crippen molar-refractivity contribution in [2.75, 3.05) is 20.4 Å². The molecule has 0 fully saturated rings. The van der Waals surface area contributed by atoms with E-state index in [1.807, 2.05) is 0 Å². The first-order chi connectivity index (χ1) is 7.63. The number of sulfonamides is 2. The summed E-state index contributed by atoms with van der Waals surface area (Å²) >= 11 is 1.05. The van der Waals surface area contributed by atoms with E-state index in [1.165, 1.54) is 20.2 Å². The van der Waals surface area contributed by atoms with Gasteiger partial charge in [-0.3, -0.25) is 0 Å². The second-order valence-electron chi connectivity index (χ2n) is 3.60. The Hall–Kier alpha value is -0.480. The molecule has 0 spiro atoms. The van der Waals surface area contributed by atoms with Gasteiger partial charge in [-0.05, 0) is 12.1 Å². The molecule has 0 atom stereocenters. The molecule has 6 nitrogen and oxygen atoms in total. The zero-order valence-corrected chi connectivity index (χ0v) is 12.1. The van der Waals surface area contributed by atoms with Gasteiger partial charge in [0.15, 0.2) is 0 Å². The maximum absolute atomic E-state index is 11.7. The van der Waals surface area contributed by atoms with Crippen molar-refractivity contribution in [1.82, 2.24) is 9.03 Å². The summed E-state index contributed by atoms with van der Waals surface area (Å²) in [5.74, 6) is 0. The Morgan fingerprint density at radius 3 is 2.29 bits per heavy atom. The number of hydrogen-bond acceptors (Lipinski definition) is 5. The first-order valence-electron chi connectivity index (χ1n) is 4.59. The molecule has 1 rings (SSSR count). The zero-order valence-electron chi connectivity index (χ0n) is 9.67. The van der Waals surface area contributed by atoms with Gasteiger partial charge in [0.2, 0.25) is 10.0 Å². The highest BCUT2D eigenvalue weighted by molar-refractivity contribution is 7.91. The molecule has 0 aliphatic rings. The van der Waals surface area contributed by atoms with Gasteiger partial charge in [-0.25, -0.2) is 25.9 Å². The van der Waals surface area contributed by atoms with Crippen molar-refractivity contribution in [3.63, 3.8) is 0 Å². The van der Waals surface area contributed by atoms with Crippen molar-refractivity contribution in [3.05, 3.63) is 17.0 Å². The van der Waals surface area contributed by atoms with E-state index in [-0.39, 0.29) is 10.8 Å². The van der Waals surface area contributed by atoms with Gasteiger partial charge < -0.3 is 0 Å². The van der Waals surface area contributed by atoms with Crippen molar-refractivity contribution in [2.45, 2.75) is 10.8 Å². The standard InChI is InChI=1S/C8H14N2O4S3/c1-10(2)17(13,14)8-5-4-7(15-8)6-9-16(3,11)12/h4-5,9H,6H2,1-3H3. The highest BCUT2D eigenvalue weighted by atomic mass is 32.2. The number of nitrogens with one attached hydrogen (secondary N) is 1. The molecule has 1 heterocycles. The molecule has 0 amide bonds. The molecular formula is C8H14N2O4S3. The SMILES string of the molecule is CN(C)S(=O)(=O)c1ccc(CNS(C)(=O)=O)s1. The minimum absolute atomic E-state index is 0.104. The molecule has 0 unspecified atom stereocenters. The zero-order chi connectivity index (χ0) is 13.3. The molecule has 0 bridgehead atoms. The van der Waals surface area contributed by atoms with E-state index in [0.29, 0.717) is 4.88 Å². The lowest BCUT2D eigenvalue weighted by Crippen LogP contribution is -2.21. The maximum atomic E-state index is 11.7. The Kier molecular flexibility index (Phi) is 4.31. The fourth-order valence-corrected chi connectivity index (χ4v) is 3.95. The number of nitrogens with zero attached hydrogens (tertiary/aromatic N) is 1. The number of thiophene rings is 1. The third kappa shape index (κ3) is 4.03. The van der Waals surface area contributed by atoms with Crippen LogP contribution < -0.4 is 4.72 Å². The van der Waals surface area contributed by atoms with Gasteiger partial charge in [0, 0.05) is 25.5 Å². The Morgan fingerprint density at radius 2 is 1.82 bits per heavy atom. The average Bonchev–Trinajstić information content (AvgIpc) is 2.62. The molecule has 0 saturated carbocycles. The van der Waals surface area contributed by atoms with Crippen LogP contribution in [0.1, 0.15) is 4.88 Å². The quantitative estimate of drug-likeness (QED) is 0.832. The summed E-state index contributed by atoms with van der Waals surface area (Å²) in [6, 6.07) is 3.07. The summed E-state index contributed by atoms with van der Waals surface area (Å²) in [5.41, 5.74) is 0. The monoisotopic (exact) mass is 298 g/mol. The van der Waals surface area contributed by atoms with Gasteiger partial charge >= 0.3 is 0 Å². The molecule has 9 heteroatoms. The molecule has 98 valence electrons. The second kappa shape index (κ2) is 5.02. The molecule has 1 aromatic rings. The van der Waals surface area contributed by atoms with Crippen LogP contribution >= 0.6 is 11.3 Å². The van der Waals surface area contributed by atoms with Crippen LogP contribution in [-0.4, -0.2) is 41.5 Å². The van der Waals surface area contributed by atoms with E-state index < -0.39 is 20.0 Å². The van der Waals surface area contributed by atoms with Gasteiger partial charge in [0.05, 0.1) is 6.26 Å². The van der Waals surface area contributed by atoms with Crippen LogP contribution in [0.3, 0.4) is 0 Å². The van der Waals surface area contributed by atoms with Gasteiger partial charge in [-0.1, -0.05) is 0 Å². The minimum atomic E-state index is -3.44. The summed E-state index contributed by atoms with van der Waals surface area (Å²) in [7, 11) is -3.81. The van der Waals surface area contributed by atoms with E-state index in [2.05, 4.69) is 4.72 Å². The van der Waals surface area contributed by atoms with Crippen LogP contribution in [0.15, 0.2) is 16.3 Å². The van der Waals surface area contributed by atoms with E-state index in [1.54, 1.807) is 6.07 Å². The van der Waals surface area contributed by atoms with E-state index in [4.69, 9.17) is 0 Å². The Morgan fingerprint density at radius 1 is 1.24 bits per heavy atom. The Bertz CT molecular complexity index is 586. The Balaban J connectivity index is 2.87. The largest absolute Gasteiger partial charge is 0.252 e. The molecule has 0 aliphatic carbocycles. The van der Waals surface area contributed by atoms with Crippen molar-refractivity contribution >= 4 is 31.4 Å². The molecule has 0 radical (unpaired) electrons. The van der Waals surface area contributed by atoms with Crippen LogP contribution in [0.2, 0.25) is 0 Å². The van der Waals surface area contributed by atoms with Gasteiger partial charge in [0.25, 0.3) is 10.0 Å². The third-order valence-corrected chi connectivity index (χ3v) is 5.92. The average molecular weight is 298 g/mol. The van der Waals surface area contributed by atoms with Crippen LogP contribution in [0.5, 0.6) is 0 Å². The fraction of sp³-hybridized carbons (Fsp3) is 0.500. The van der Waals surface area contributed by atoms with Crippen molar-refractivity contribution in [3.8, 4) is 0 Å². The predicted octanol–water partition coefficient (Wildman–Crippen LogP) is 0.0476. The predicted molar refractivity (Wildman–Crippen MR) is 66.9 cm³/mol. The van der Waals surface area contributed by atoms with Gasteiger partial charge in [-0.15, -0.1) is 11.3 Å². The van der Waals surface area contributed by atoms with Crippen LogP contribution in [0.25, 0.3) is 0 Å². The van der Waals surface area contributed by atoms with E-state index in [9.17, 15) is 16.8 Å². The summed E-state index contributed by atoms with van der Waals surface area (Å²) in [5, 5.41) is 0. The Labute approximate surface area is 105 Å². The normalized spacial score (nSPS) is 13.2. The van der Waals surface area contributed by atoms with Crippen molar-refractivity contribution in [1.29, 1.82) is 0 Å². The van der Waals surface area contributed by atoms with Gasteiger partial charge in [-0.2, -0.15) is 0 Å². The summed E-state index contributed by atoms with van der Waals surface area (Å²) in [4.78, 5) is 0.649. The molecule has 0 aromatic carbocycles. The number of rotatable bonds is 5. The molecule has 17 heavy (non-hydrogen) atoms. The van der Waals surface area contributed by atoms with Crippen molar-refractivity contribution < 1.29 is 16.8 Å².